The zero-order valence-electron chi connectivity index (χ0n) is 6.49. The fraction of sp³-hybridized carbons (Fsp3) is 0.667. The van der Waals surface area contributed by atoms with Crippen LogP contribution in [0.15, 0.2) is 0 Å². The number of esters is 1. The molecule has 2 N–H and O–H groups in total. The van der Waals surface area contributed by atoms with Crippen LogP contribution in [0.3, 0.4) is 0 Å². The molecule has 0 aromatic carbocycles. The van der Waals surface area contributed by atoms with Crippen LogP contribution >= 0.6 is 0 Å². The van der Waals surface area contributed by atoms with Gasteiger partial charge in [0.05, 0.1) is 5.92 Å². The van der Waals surface area contributed by atoms with Gasteiger partial charge in [-0.05, 0) is 6.92 Å². The van der Waals surface area contributed by atoms with Gasteiger partial charge in [0.1, 0.15) is 6.61 Å². The van der Waals surface area contributed by atoms with E-state index in [-0.39, 0.29) is 6.61 Å². The van der Waals surface area contributed by atoms with Gasteiger partial charge in [-0.1, -0.05) is 0 Å². The number of carbonyl (C=O) groups is 2. The summed E-state index contributed by atoms with van der Waals surface area (Å²) >= 11 is 0. The first kappa shape index (κ1) is 9.90. The summed E-state index contributed by atoms with van der Waals surface area (Å²) in [7, 11) is 0. The van der Waals surface area contributed by atoms with E-state index in [0.717, 1.165) is 0 Å². The van der Waals surface area contributed by atoms with Crippen LogP contribution in [-0.2, 0) is 19.2 Å². The quantitative estimate of drug-likeness (QED) is 0.450. The van der Waals surface area contributed by atoms with E-state index in [9.17, 15) is 9.59 Å². The van der Waals surface area contributed by atoms with E-state index in [2.05, 4.69) is 15.5 Å². The van der Waals surface area contributed by atoms with Crippen molar-refractivity contribution in [1.82, 2.24) is 0 Å². The van der Waals surface area contributed by atoms with Gasteiger partial charge in [-0.3, -0.25) is 4.79 Å². The first-order valence-electron chi connectivity index (χ1n) is 3.12. The van der Waals surface area contributed by atoms with Crippen LogP contribution in [0, 0.1) is 5.92 Å². The molecule has 0 aliphatic carbocycles. The maximum atomic E-state index is 10.6. The van der Waals surface area contributed by atoms with Gasteiger partial charge in [-0.25, -0.2) is 4.79 Å². The summed E-state index contributed by atoms with van der Waals surface area (Å²) in [5.74, 6) is 3.06. The molecule has 0 heterocycles. The minimum atomic E-state index is -0.591. The van der Waals surface area contributed by atoms with E-state index in [4.69, 9.17) is 0 Å². The average molecular weight is 161 g/mol. The van der Waals surface area contributed by atoms with Gasteiger partial charge in [0.2, 0.25) is 0 Å². The Balaban J connectivity index is 3.60. The second-order valence-corrected chi connectivity index (χ2v) is 2.14. The lowest BCUT2D eigenvalue weighted by atomic mass is 10.2. The van der Waals surface area contributed by atoms with Gasteiger partial charge < -0.3 is 9.57 Å². The maximum Gasteiger partial charge on any atom is 0.330 e. The van der Waals surface area contributed by atoms with Crippen LogP contribution in [-0.4, -0.2) is 18.5 Å². The molecule has 0 aromatic rings. The van der Waals surface area contributed by atoms with Crippen molar-refractivity contribution >= 4 is 11.9 Å². The van der Waals surface area contributed by atoms with E-state index in [1.165, 1.54) is 6.92 Å². The third kappa shape index (κ3) is 4.32. The number of nitrogens with two attached hydrogens (primary N) is 1. The zero-order chi connectivity index (χ0) is 8.85. The summed E-state index contributed by atoms with van der Waals surface area (Å²) < 4.78 is 4.53. The fourth-order valence-electron chi connectivity index (χ4n) is 0.427. The van der Waals surface area contributed by atoms with Gasteiger partial charge in [0.25, 0.3) is 0 Å². The molecule has 0 saturated heterocycles. The Morgan fingerprint density at radius 1 is 1.55 bits per heavy atom. The largest absolute Gasteiger partial charge is 0.465 e. The summed E-state index contributed by atoms with van der Waals surface area (Å²) in [6, 6.07) is 0. The van der Waals surface area contributed by atoms with Crippen molar-refractivity contribution in [2.75, 3.05) is 6.61 Å². The number of hydrogen-bond acceptors (Lipinski definition) is 5. The Bertz CT molecular complexity index is 157. The van der Waals surface area contributed by atoms with Crippen molar-refractivity contribution in [1.29, 1.82) is 0 Å². The van der Waals surface area contributed by atoms with Crippen LogP contribution in [0.4, 0.5) is 0 Å². The summed E-state index contributed by atoms with van der Waals surface area (Å²) in [4.78, 5) is 24.8. The normalized spacial score (nSPS) is 11.9. The fourth-order valence-corrected chi connectivity index (χ4v) is 0.427. The highest BCUT2D eigenvalue weighted by Gasteiger charge is 2.14. The van der Waals surface area contributed by atoms with E-state index in [1.54, 1.807) is 6.92 Å². The number of carbonyl (C=O) groups excluding carboxylic acids is 2. The Kier molecular flexibility index (Phi) is 4.21. The van der Waals surface area contributed by atoms with E-state index in [0.29, 0.717) is 0 Å². The molecule has 11 heavy (non-hydrogen) atoms. The smallest absolute Gasteiger partial charge is 0.330 e. The number of hydrogen-bond donors (Lipinski definition) is 1. The monoisotopic (exact) mass is 161 g/mol. The standard InChI is InChI=1S/C6H11NO4/c1-4(6(9)11-7)3-10-5(2)8/h4H,3,7H2,1-2H3. The molecule has 0 amide bonds. The van der Waals surface area contributed by atoms with E-state index in [1.807, 2.05) is 0 Å². The van der Waals surface area contributed by atoms with Crippen molar-refractivity contribution in [3.8, 4) is 0 Å². The average Bonchev–Trinajstić information content (AvgIpc) is 1.98. The van der Waals surface area contributed by atoms with Crippen LogP contribution < -0.4 is 5.90 Å². The highest BCUT2D eigenvalue weighted by molar-refractivity contribution is 5.72. The van der Waals surface area contributed by atoms with Crippen LogP contribution in [0.5, 0.6) is 0 Å². The third-order valence-corrected chi connectivity index (χ3v) is 1.06. The van der Waals surface area contributed by atoms with Gasteiger partial charge in [0.15, 0.2) is 0 Å². The first-order valence-corrected chi connectivity index (χ1v) is 3.12. The molecule has 5 heteroatoms. The maximum absolute atomic E-state index is 10.6. The number of rotatable bonds is 3. The molecule has 64 valence electrons. The molecular weight excluding hydrogens is 150 g/mol. The zero-order valence-corrected chi connectivity index (χ0v) is 6.49. The van der Waals surface area contributed by atoms with Crippen LogP contribution in [0.1, 0.15) is 13.8 Å². The Hall–Kier alpha value is -1.10. The van der Waals surface area contributed by atoms with Crippen molar-refractivity contribution < 1.29 is 19.2 Å². The summed E-state index contributed by atoms with van der Waals surface area (Å²) in [5, 5.41) is 0. The Morgan fingerprint density at radius 3 is 2.45 bits per heavy atom. The number of ether oxygens (including phenoxy) is 1. The lowest BCUT2D eigenvalue weighted by molar-refractivity contribution is -0.153. The Labute approximate surface area is 64.4 Å². The molecule has 1 atom stereocenters. The van der Waals surface area contributed by atoms with Gasteiger partial charge in [-0.2, -0.15) is 5.90 Å². The molecule has 0 aliphatic heterocycles. The van der Waals surface area contributed by atoms with Crippen molar-refractivity contribution in [3.05, 3.63) is 0 Å². The lowest BCUT2D eigenvalue weighted by Crippen LogP contribution is -2.23. The predicted molar refractivity (Wildman–Crippen MR) is 36.1 cm³/mol. The van der Waals surface area contributed by atoms with Crippen molar-refractivity contribution in [2.24, 2.45) is 11.8 Å². The van der Waals surface area contributed by atoms with E-state index >= 15 is 0 Å². The SMILES string of the molecule is CC(=O)OCC(C)C(=O)ON. The van der Waals surface area contributed by atoms with Gasteiger partial charge in [0, 0.05) is 6.92 Å². The molecule has 0 radical (unpaired) electrons. The first-order chi connectivity index (χ1) is 5.07. The highest BCUT2D eigenvalue weighted by atomic mass is 16.7. The third-order valence-electron chi connectivity index (χ3n) is 1.06. The van der Waals surface area contributed by atoms with E-state index < -0.39 is 17.9 Å². The Morgan fingerprint density at radius 2 is 2.09 bits per heavy atom. The molecule has 0 spiro atoms. The van der Waals surface area contributed by atoms with Gasteiger partial charge in [-0.15, -0.1) is 0 Å². The van der Waals surface area contributed by atoms with Crippen LogP contribution in [0.2, 0.25) is 0 Å². The minimum absolute atomic E-state index is 0.00532. The highest BCUT2D eigenvalue weighted by Crippen LogP contribution is 1.97. The van der Waals surface area contributed by atoms with Crippen molar-refractivity contribution in [3.63, 3.8) is 0 Å². The molecule has 0 rings (SSSR count). The molecule has 5 nitrogen and oxygen atoms in total. The molecule has 0 fully saturated rings. The lowest BCUT2D eigenvalue weighted by Gasteiger charge is -2.06. The second-order valence-electron chi connectivity index (χ2n) is 2.14. The molecular formula is C6H11NO4. The second kappa shape index (κ2) is 4.68. The summed E-state index contributed by atoms with van der Waals surface area (Å²) in [6.45, 7) is 2.82. The predicted octanol–water partition coefficient (Wildman–Crippen LogP) is -0.397. The van der Waals surface area contributed by atoms with Crippen molar-refractivity contribution in [2.45, 2.75) is 13.8 Å². The summed E-state index contributed by atoms with van der Waals surface area (Å²) in [5.41, 5.74) is 0. The molecule has 1 unspecified atom stereocenters. The van der Waals surface area contributed by atoms with Gasteiger partial charge >= 0.3 is 11.9 Å². The molecule has 0 aliphatic rings. The summed E-state index contributed by atoms with van der Waals surface area (Å²) in [6.07, 6.45) is 0. The molecule has 0 bridgehead atoms. The topological polar surface area (TPSA) is 78.6 Å². The van der Waals surface area contributed by atoms with Crippen LogP contribution in [0.25, 0.3) is 0 Å². The minimum Gasteiger partial charge on any atom is -0.465 e. The molecule has 0 saturated carbocycles. The molecule has 0 aromatic heterocycles.